The van der Waals surface area contributed by atoms with Gasteiger partial charge < -0.3 is 11.1 Å². The van der Waals surface area contributed by atoms with Crippen LogP contribution in [0.2, 0.25) is 0 Å². The van der Waals surface area contributed by atoms with Crippen LogP contribution in [0.3, 0.4) is 0 Å². The second kappa shape index (κ2) is 7.29. The van der Waals surface area contributed by atoms with Crippen molar-refractivity contribution in [2.45, 2.75) is 52.6 Å². The molecule has 4 heteroatoms. The van der Waals surface area contributed by atoms with Crippen molar-refractivity contribution in [2.75, 3.05) is 18.1 Å². The molecule has 1 rings (SSSR count). The second-order valence-corrected chi connectivity index (χ2v) is 5.32. The normalized spacial score (nSPS) is 12.8. The lowest BCUT2D eigenvalue weighted by Crippen LogP contribution is -2.45. The molecule has 112 valence electrons. The van der Waals surface area contributed by atoms with Gasteiger partial charge >= 0.3 is 0 Å². The average Bonchev–Trinajstić information content (AvgIpc) is 2.44. The number of nitrogens with zero attached hydrogens (tertiary/aromatic N) is 1. The van der Waals surface area contributed by atoms with Gasteiger partial charge in [0.1, 0.15) is 0 Å². The molecule has 0 heterocycles. The minimum Gasteiger partial charge on any atom is -0.398 e. The molecule has 1 aromatic carbocycles. The van der Waals surface area contributed by atoms with E-state index < -0.39 is 0 Å². The quantitative estimate of drug-likeness (QED) is 0.786. The van der Waals surface area contributed by atoms with E-state index in [1.165, 1.54) is 0 Å². The van der Waals surface area contributed by atoms with Crippen molar-refractivity contribution in [1.29, 1.82) is 0 Å². The van der Waals surface area contributed by atoms with Gasteiger partial charge in [-0.2, -0.15) is 0 Å². The van der Waals surface area contributed by atoms with Gasteiger partial charge in [-0.25, -0.2) is 0 Å². The van der Waals surface area contributed by atoms with E-state index in [0.29, 0.717) is 11.7 Å². The van der Waals surface area contributed by atoms with Crippen LogP contribution in [0.15, 0.2) is 18.2 Å². The van der Waals surface area contributed by atoms with Gasteiger partial charge in [-0.05, 0) is 51.4 Å². The van der Waals surface area contributed by atoms with Gasteiger partial charge in [0.15, 0.2) is 0 Å². The van der Waals surface area contributed by atoms with Crippen molar-refractivity contribution >= 4 is 17.3 Å². The Morgan fingerprint density at radius 1 is 1.35 bits per heavy atom. The van der Waals surface area contributed by atoms with Crippen molar-refractivity contribution in [3.05, 3.63) is 23.8 Å². The Kier molecular flexibility index (Phi) is 6.02. The molecule has 0 fully saturated rings. The van der Waals surface area contributed by atoms with Crippen molar-refractivity contribution in [3.63, 3.8) is 0 Å². The molecule has 0 aliphatic carbocycles. The van der Waals surface area contributed by atoms with E-state index in [9.17, 15) is 4.79 Å². The number of carbonyl (C=O) groups excluding carboxylic acids is 1. The first-order chi connectivity index (χ1) is 9.42. The minimum atomic E-state index is -0.166. The summed E-state index contributed by atoms with van der Waals surface area (Å²) >= 11 is 0. The number of anilines is 2. The van der Waals surface area contributed by atoms with Gasteiger partial charge in [0, 0.05) is 17.4 Å². The molecule has 0 aromatic heterocycles. The number of nitrogens with one attached hydrogen (secondary N) is 1. The predicted molar refractivity (Wildman–Crippen MR) is 85.8 cm³/mol. The van der Waals surface area contributed by atoms with Crippen LogP contribution in [0.25, 0.3) is 0 Å². The lowest BCUT2D eigenvalue weighted by atomic mass is 10.1. The summed E-state index contributed by atoms with van der Waals surface area (Å²) in [6, 6.07) is 5.84. The van der Waals surface area contributed by atoms with Gasteiger partial charge in [0.2, 0.25) is 5.91 Å². The third-order valence-corrected chi connectivity index (χ3v) is 4.14. The molecule has 3 N–H and O–H groups in total. The number of hydrogen-bond acceptors (Lipinski definition) is 3. The highest BCUT2D eigenvalue weighted by molar-refractivity contribution is 5.95. The Labute approximate surface area is 122 Å². The van der Waals surface area contributed by atoms with Crippen LogP contribution in [0.5, 0.6) is 0 Å². The van der Waals surface area contributed by atoms with E-state index in [-0.39, 0.29) is 11.9 Å². The van der Waals surface area contributed by atoms with Crippen molar-refractivity contribution in [3.8, 4) is 0 Å². The molecule has 0 saturated heterocycles. The summed E-state index contributed by atoms with van der Waals surface area (Å²) in [5.74, 6) is 0.00750. The third-order valence-electron chi connectivity index (χ3n) is 4.14. The molecular formula is C16H27N3O. The van der Waals surface area contributed by atoms with Crippen LogP contribution in [0.4, 0.5) is 11.4 Å². The Balaban J connectivity index is 2.78. The molecular weight excluding hydrogens is 250 g/mol. The van der Waals surface area contributed by atoms with Gasteiger partial charge in [0.25, 0.3) is 0 Å². The summed E-state index contributed by atoms with van der Waals surface area (Å²) in [5, 5.41) is 2.97. The maximum Gasteiger partial charge on any atom is 0.241 e. The summed E-state index contributed by atoms with van der Waals surface area (Å²) in [4.78, 5) is 14.5. The van der Waals surface area contributed by atoms with Crippen LogP contribution in [0.1, 0.15) is 39.2 Å². The zero-order valence-electron chi connectivity index (χ0n) is 13.2. The molecule has 0 aliphatic heterocycles. The van der Waals surface area contributed by atoms with Crippen LogP contribution in [-0.2, 0) is 4.79 Å². The van der Waals surface area contributed by atoms with E-state index in [2.05, 4.69) is 24.1 Å². The monoisotopic (exact) mass is 277 g/mol. The number of nitrogens with two attached hydrogens (primary N) is 1. The summed E-state index contributed by atoms with van der Waals surface area (Å²) in [5.41, 5.74) is 8.27. The summed E-state index contributed by atoms with van der Waals surface area (Å²) in [7, 11) is 2.01. The molecule has 0 bridgehead atoms. The zero-order chi connectivity index (χ0) is 15.3. The number of carbonyl (C=O) groups is 1. The van der Waals surface area contributed by atoms with E-state index in [4.69, 9.17) is 5.73 Å². The zero-order valence-corrected chi connectivity index (χ0v) is 13.2. The maximum absolute atomic E-state index is 12.4. The van der Waals surface area contributed by atoms with Crippen LogP contribution in [0, 0.1) is 6.92 Å². The molecule has 1 aromatic rings. The molecule has 1 amide bonds. The molecule has 20 heavy (non-hydrogen) atoms. The van der Waals surface area contributed by atoms with Crippen LogP contribution < -0.4 is 11.1 Å². The molecule has 0 radical (unpaired) electrons. The van der Waals surface area contributed by atoms with E-state index in [1.807, 2.05) is 39.1 Å². The highest BCUT2D eigenvalue weighted by Crippen LogP contribution is 2.21. The molecule has 0 saturated carbocycles. The topological polar surface area (TPSA) is 58.4 Å². The number of nitrogen functional groups attached to an aromatic ring is 1. The summed E-state index contributed by atoms with van der Waals surface area (Å²) < 4.78 is 0. The number of rotatable bonds is 6. The van der Waals surface area contributed by atoms with Gasteiger partial charge in [0.05, 0.1) is 6.04 Å². The highest BCUT2D eigenvalue weighted by atomic mass is 16.2. The standard InChI is InChI=1S/C16H27N3O/c1-6-13(7-2)19(5)12(4)16(20)18-15-10-8-9-14(17)11(15)3/h8-10,12-13H,6-7,17H2,1-5H3,(H,18,20). The van der Waals surface area contributed by atoms with Crippen molar-refractivity contribution in [2.24, 2.45) is 0 Å². The summed E-state index contributed by atoms with van der Waals surface area (Å²) in [6.07, 6.45) is 2.09. The van der Waals surface area contributed by atoms with E-state index in [0.717, 1.165) is 24.1 Å². The summed E-state index contributed by atoms with van der Waals surface area (Å²) in [6.45, 7) is 8.16. The Hall–Kier alpha value is -1.55. The number of hydrogen-bond donors (Lipinski definition) is 2. The Morgan fingerprint density at radius 3 is 2.50 bits per heavy atom. The number of benzene rings is 1. The fourth-order valence-corrected chi connectivity index (χ4v) is 2.39. The molecule has 1 unspecified atom stereocenters. The molecule has 4 nitrogen and oxygen atoms in total. The van der Waals surface area contributed by atoms with Crippen LogP contribution in [-0.4, -0.2) is 29.9 Å². The first-order valence-corrected chi connectivity index (χ1v) is 7.30. The second-order valence-electron chi connectivity index (χ2n) is 5.32. The van der Waals surface area contributed by atoms with Crippen LogP contribution >= 0.6 is 0 Å². The van der Waals surface area contributed by atoms with Crippen molar-refractivity contribution < 1.29 is 4.79 Å². The largest absolute Gasteiger partial charge is 0.398 e. The maximum atomic E-state index is 12.4. The Bertz CT molecular complexity index is 455. The number of amides is 1. The lowest BCUT2D eigenvalue weighted by molar-refractivity contribution is -0.121. The fourth-order valence-electron chi connectivity index (χ4n) is 2.39. The first-order valence-electron chi connectivity index (χ1n) is 7.30. The van der Waals surface area contributed by atoms with E-state index in [1.54, 1.807) is 0 Å². The van der Waals surface area contributed by atoms with Gasteiger partial charge in [-0.15, -0.1) is 0 Å². The van der Waals surface area contributed by atoms with Crippen molar-refractivity contribution in [1.82, 2.24) is 4.90 Å². The fraction of sp³-hybridized carbons (Fsp3) is 0.562. The van der Waals surface area contributed by atoms with Gasteiger partial charge in [-0.1, -0.05) is 19.9 Å². The average molecular weight is 277 g/mol. The third kappa shape index (κ3) is 3.73. The minimum absolute atomic E-state index is 0.00750. The van der Waals surface area contributed by atoms with Gasteiger partial charge in [-0.3, -0.25) is 9.69 Å². The molecule has 0 aliphatic rings. The highest BCUT2D eigenvalue weighted by Gasteiger charge is 2.23. The molecule has 1 atom stereocenters. The van der Waals surface area contributed by atoms with E-state index >= 15 is 0 Å². The predicted octanol–water partition coefficient (Wildman–Crippen LogP) is 3.02. The first kappa shape index (κ1) is 16.5. The number of likely N-dealkylation sites (N-methyl/N-ethyl adjacent to an activating group) is 1. The molecule has 0 spiro atoms. The SMILES string of the molecule is CCC(CC)N(C)C(C)C(=O)Nc1cccc(N)c1C. The Morgan fingerprint density at radius 2 is 1.95 bits per heavy atom. The smallest absolute Gasteiger partial charge is 0.241 e. The lowest BCUT2D eigenvalue weighted by Gasteiger charge is -2.31.